The highest BCUT2D eigenvalue weighted by atomic mass is 19.1. The quantitative estimate of drug-likeness (QED) is 0.863. The lowest BCUT2D eigenvalue weighted by atomic mass is 10.1. The van der Waals surface area contributed by atoms with Crippen LogP contribution in [0.15, 0.2) is 18.2 Å². The van der Waals surface area contributed by atoms with E-state index in [1.54, 1.807) is 19.1 Å². The molecular formula is C14H20FNO2. The number of rotatable bonds is 4. The van der Waals surface area contributed by atoms with Gasteiger partial charge in [0.05, 0.1) is 11.8 Å². The van der Waals surface area contributed by atoms with Crippen LogP contribution in [0.1, 0.15) is 31.4 Å². The molecule has 0 saturated carbocycles. The van der Waals surface area contributed by atoms with Crippen molar-refractivity contribution in [2.75, 3.05) is 24.6 Å². The average Bonchev–Trinajstić information content (AvgIpc) is 2.77. The largest absolute Gasteiger partial charge is 0.396 e. The molecular weight excluding hydrogens is 233 g/mol. The number of para-hydroxylation sites is 1. The first kappa shape index (κ1) is 13.3. The van der Waals surface area contributed by atoms with Gasteiger partial charge in [0.2, 0.25) is 0 Å². The molecule has 1 fully saturated rings. The predicted octanol–water partition coefficient (Wildman–Crippen LogP) is 2.09. The van der Waals surface area contributed by atoms with Crippen molar-refractivity contribution >= 4 is 5.69 Å². The molecule has 0 spiro atoms. The van der Waals surface area contributed by atoms with Gasteiger partial charge in [-0.25, -0.2) is 4.39 Å². The summed E-state index contributed by atoms with van der Waals surface area (Å²) in [5.41, 5.74) is 1.16. The number of benzene rings is 1. The van der Waals surface area contributed by atoms with Crippen LogP contribution in [0, 0.1) is 11.7 Å². The molecule has 0 amide bonds. The predicted molar refractivity (Wildman–Crippen MR) is 69.1 cm³/mol. The number of nitrogens with zero attached hydrogens (tertiary/aromatic N) is 1. The molecule has 2 atom stereocenters. The van der Waals surface area contributed by atoms with Crippen molar-refractivity contribution in [1.82, 2.24) is 0 Å². The lowest BCUT2D eigenvalue weighted by Gasteiger charge is -2.24. The maximum Gasteiger partial charge on any atom is 0.146 e. The third-order valence-corrected chi connectivity index (χ3v) is 3.61. The van der Waals surface area contributed by atoms with Crippen molar-refractivity contribution in [3.8, 4) is 0 Å². The van der Waals surface area contributed by atoms with Gasteiger partial charge in [0.1, 0.15) is 5.82 Å². The average molecular weight is 253 g/mol. The molecule has 1 aliphatic rings. The second-order valence-electron chi connectivity index (χ2n) is 4.97. The van der Waals surface area contributed by atoms with Crippen molar-refractivity contribution in [1.29, 1.82) is 0 Å². The van der Waals surface area contributed by atoms with Gasteiger partial charge in [0, 0.05) is 25.3 Å². The molecule has 1 saturated heterocycles. The van der Waals surface area contributed by atoms with Crippen molar-refractivity contribution < 1.29 is 14.6 Å². The first-order valence-electron chi connectivity index (χ1n) is 6.45. The van der Waals surface area contributed by atoms with Crippen LogP contribution in [-0.2, 0) is 0 Å². The number of aliphatic hydroxyl groups is 2. The molecule has 2 N–H and O–H groups in total. The number of aliphatic hydroxyl groups excluding tert-OH is 2. The molecule has 1 aromatic carbocycles. The summed E-state index contributed by atoms with van der Waals surface area (Å²) in [6.45, 7) is 3.37. The van der Waals surface area contributed by atoms with Crippen LogP contribution in [-0.4, -0.2) is 29.9 Å². The number of hydrogen-bond acceptors (Lipinski definition) is 3. The second kappa shape index (κ2) is 5.67. The maximum atomic E-state index is 14.0. The summed E-state index contributed by atoms with van der Waals surface area (Å²) in [5.74, 6) is 0.134. The standard InChI is InChI=1S/C14H20FNO2/c1-10(18)12-3-2-4-13(15)14(12)16-7-5-11(9-16)6-8-17/h2-4,10-11,17-18H,5-9H2,1H3. The first-order valence-corrected chi connectivity index (χ1v) is 6.45. The Morgan fingerprint density at radius 2 is 2.28 bits per heavy atom. The fraction of sp³-hybridized carbons (Fsp3) is 0.571. The Kier molecular flexibility index (Phi) is 4.19. The van der Waals surface area contributed by atoms with Gasteiger partial charge in [0.25, 0.3) is 0 Å². The van der Waals surface area contributed by atoms with Crippen LogP contribution in [0.4, 0.5) is 10.1 Å². The molecule has 1 aliphatic heterocycles. The molecule has 0 bridgehead atoms. The van der Waals surface area contributed by atoms with E-state index in [0.717, 1.165) is 25.9 Å². The Labute approximate surface area is 107 Å². The molecule has 1 heterocycles. The Balaban J connectivity index is 2.23. The highest BCUT2D eigenvalue weighted by molar-refractivity contribution is 5.56. The number of hydrogen-bond donors (Lipinski definition) is 2. The Morgan fingerprint density at radius 1 is 1.50 bits per heavy atom. The van der Waals surface area contributed by atoms with Gasteiger partial charge < -0.3 is 15.1 Å². The lowest BCUT2D eigenvalue weighted by Crippen LogP contribution is -2.23. The third kappa shape index (κ3) is 2.65. The Bertz CT molecular complexity index is 409. The first-order chi connectivity index (χ1) is 8.63. The normalized spacial score (nSPS) is 21.3. The molecule has 18 heavy (non-hydrogen) atoms. The molecule has 4 heteroatoms. The summed E-state index contributed by atoms with van der Waals surface area (Å²) in [7, 11) is 0. The second-order valence-corrected chi connectivity index (χ2v) is 4.97. The molecule has 3 nitrogen and oxygen atoms in total. The minimum absolute atomic E-state index is 0.180. The molecule has 0 aliphatic carbocycles. The third-order valence-electron chi connectivity index (χ3n) is 3.61. The zero-order valence-corrected chi connectivity index (χ0v) is 10.6. The van der Waals surface area contributed by atoms with E-state index in [-0.39, 0.29) is 12.4 Å². The Hall–Kier alpha value is -1.13. The van der Waals surface area contributed by atoms with E-state index in [4.69, 9.17) is 5.11 Å². The minimum atomic E-state index is -0.674. The molecule has 0 aromatic heterocycles. The van der Waals surface area contributed by atoms with Gasteiger partial charge >= 0.3 is 0 Å². The fourth-order valence-electron chi connectivity index (χ4n) is 2.66. The van der Waals surface area contributed by atoms with Crippen LogP contribution in [0.2, 0.25) is 0 Å². The van der Waals surface area contributed by atoms with Crippen LogP contribution >= 0.6 is 0 Å². The zero-order valence-electron chi connectivity index (χ0n) is 10.6. The smallest absolute Gasteiger partial charge is 0.146 e. The highest BCUT2D eigenvalue weighted by Gasteiger charge is 2.26. The molecule has 100 valence electrons. The van der Waals surface area contributed by atoms with E-state index < -0.39 is 6.10 Å². The van der Waals surface area contributed by atoms with Crippen LogP contribution in [0.3, 0.4) is 0 Å². The van der Waals surface area contributed by atoms with Crippen LogP contribution in [0.5, 0.6) is 0 Å². The van der Waals surface area contributed by atoms with Crippen LogP contribution < -0.4 is 4.90 Å². The molecule has 2 unspecified atom stereocenters. The van der Waals surface area contributed by atoms with Gasteiger partial charge in [-0.2, -0.15) is 0 Å². The minimum Gasteiger partial charge on any atom is -0.396 e. The van der Waals surface area contributed by atoms with Crippen molar-refractivity contribution in [3.63, 3.8) is 0 Å². The summed E-state index contributed by atoms with van der Waals surface area (Å²) in [4.78, 5) is 1.98. The topological polar surface area (TPSA) is 43.7 Å². The Morgan fingerprint density at radius 3 is 2.94 bits per heavy atom. The van der Waals surface area contributed by atoms with Gasteiger partial charge in [0.15, 0.2) is 0 Å². The zero-order chi connectivity index (χ0) is 13.1. The summed E-state index contributed by atoms with van der Waals surface area (Å²) >= 11 is 0. The highest BCUT2D eigenvalue weighted by Crippen LogP contribution is 2.33. The number of anilines is 1. The van der Waals surface area contributed by atoms with E-state index in [0.29, 0.717) is 17.2 Å². The summed E-state index contributed by atoms with van der Waals surface area (Å²) in [5, 5.41) is 18.7. The van der Waals surface area contributed by atoms with Gasteiger partial charge in [-0.3, -0.25) is 0 Å². The van der Waals surface area contributed by atoms with Crippen molar-refractivity contribution in [3.05, 3.63) is 29.6 Å². The molecule has 2 rings (SSSR count). The van der Waals surface area contributed by atoms with E-state index in [1.807, 2.05) is 4.90 Å². The maximum absolute atomic E-state index is 14.0. The monoisotopic (exact) mass is 253 g/mol. The molecule has 1 aromatic rings. The van der Waals surface area contributed by atoms with E-state index in [1.165, 1.54) is 6.07 Å². The van der Waals surface area contributed by atoms with Crippen molar-refractivity contribution in [2.24, 2.45) is 5.92 Å². The summed E-state index contributed by atoms with van der Waals surface area (Å²) in [6.07, 6.45) is 1.05. The van der Waals surface area contributed by atoms with E-state index >= 15 is 0 Å². The van der Waals surface area contributed by atoms with Crippen LogP contribution in [0.25, 0.3) is 0 Å². The summed E-state index contributed by atoms with van der Waals surface area (Å²) in [6, 6.07) is 4.82. The fourth-order valence-corrected chi connectivity index (χ4v) is 2.66. The molecule has 0 radical (unpaired) electrons. The van der Waals surface area contributed by atoms with Crippen molar-refractivity contribution in [2.45, 2.75) is 25.9 Å². The SMILES string of the molecule is CC(O)c1cccc(F)c1N1CCC(CCO)C1. The lowest BCUT2D eigenvalue weighted by molar-refractivity contribution is 0.199. The number of halogens is 1. The van der Waals surface area contributed by atoms with Gasteiger partial charge in [-0.1, -0.05) is 12.1 Å². The van der Waals surface area contributed by atoms with E-state index in [2.05, 4.69) is 0 Å². The van der Waals surface area contributed by atoms with Gasteiger partial charge in [-0.15, -0.1) is 0 Å². The van der Waals surface area contributed by atoms with E-state index in [9.17, 15) is 9.50 Å². The summed E-state index contributed by atoms with van der Waals surface area (Å²) < 4.78 is 14.0. The van der Waals surface area contributed by atoms with Gasteiger partial charge in [-0.05, 0) is 31.7 Å².